The summed E-state index contributed by atoms with van der Waals surface area (Å²) in [5.74, 6) is 1.59. The van der Waals surface area contributed by atoms with Crippen LogP contribution in [-0.2, 0) is 6.54 Å². The Labute approximate surface area is 111 Å². The highest BCUT2D eigenvalue weighted by Gasteiger charge is 2.39. The minimum Gasteiger partial charge on any atom is -0.541 e. The SMILES string of the molecule is COc1cc(CN)ccc1O[Si](C)(C)C(C)(C)C. The lowest BCUT2D eigenvalue weighted by Crippen LogP contribution is -2.43. The van der Waals surface area contributed by atoms with Crippen molar-refractivity contribution in [3.63, 3.8) is 0 Å². The van der Waals surface area contributed by atoms with Crippen molar-refractivity contribution in [2.45, 2.75) is 45.4 Å². The van der Waals surface area contributed by atoms with Crippen LogP contribution in [0.15, 0.2) is 18.2 Å². The number of ether oxygens (including phenoxy) is 1. The van der Waals surface area contributed by atoms with E-state index in [1.54, 1.807) is 7.11 Å². The van der Waals surface area contributed by atoms with Crippen LogP contribution in [0.3, 0.4) is 0 Å². The number of hydrogen-bond acceptors (Lipinski definition) is 3. The van der Waals surface area contributed by atoms with Gasteiger partial charge in [0, 0.05) is 6.54 Å². The molecule has 0 spiro atoms. The largest absolute Gasteiger partial charge is 0.541 e. The van der Waals surface area contributed by atoms with E-state index < -0.39 is 8.32 Å². The molecule has 0 heterocycles. The lowest BCUT2D eigenvalue weighted by Gasteiger charge is -2.36. The zero-order valence-electron chi connectivity index (χ0n) is 12.3. The van der Waals surface area contributed by atoms with Gasteiger partial charge in [-0.2, -0.15) is 0 Å². The Bertz CT molecular complexity index is 411. The summed E-state index contributed by atoms with van der Waals surface area (Å²) in [4.78, 5) is 0. The average Bonchev–Trinajstić information content (AvgIpc) is 2.27. The van der Waals surface area contributed by atoms with E-state index in [2.05, 4.69) is 33.9 Å². The second-order valence-corrected chi connectivity index (χ2v) is 10.8. The van der Waals surface area contributed by atoms with E-state index in [4.69, 9.17) is 14.9 Å². The van der Waals surface area contributed by atoms with Gasteiger partial charge in [0.2, 0.25) is 0 Å². The third kappa shape index (κ3) is 3.27. The fraction of sp³-hybridized carbons (Fsp3) is 0.571. The van der Waals surface area contributed by atoms with Crippen molar-refractivity contribution >= 4 is 8.32 Å². The highest BCUT2D eigenvalue weighted by atomic mass is 28.4. The Morgan fingerprint density at radius 3 is 2.22 bits per heavy atom. The van der Waals surface area contributed by atoms with Crippen molar-refractivity contribution in [2.24, 2.45) is 5.73 Å². The van der Waals surface area contributed by atoms with Gasteiger partial charge in [0.1, 0.15) is 5.75 Å². The summed E-state index contributed by atoms with van der Waals surface area (Å²) in [6.45, 7) is 11.6. The first-order valence-corrected chi connectivity index (χ1v) is 9.18. The average molecular weight is 267 g/mol. The lowest BCUT2D eigenvalue weighted by molar-refractivity contribution is 0.385. The molecule has 1 rings (SSSR count). The van der Waals surface area contributed by atoms with Crippen molar-refractivity contribution < 1.29 is 9.16 Å². The number of methoxy groups -OCH3 is 1. The molecule has 0 aliphatic heterocycles. The second-order valence-electron chi connectivity index (χ2n) is 6.05. The molecule has 3 nitrogen and oxygen atoms in total. The first kappa shape index (κ1) is 15.1. The van der Waals surface area contributed by atoms with Gasteiger partial charge in [-0.1, -0.05) is 26.8 Å². The van der Waals surface area contributed by atoms with Gasteiger partial charge in [-0.15, -0.1) is 0 Å². The van der Waals surface area contributed by atoms with Gasteiger partial charge >= 0.3 is 0 Å². The molecular weight excluding hydrogens is 242 g/mol. The van der Waals surface area contributed by atoms with E-state index in [9.17, 15) is 0 Å². The molecular formula is C14H25NO2Si. The summed E-state index contributed by atoms with van der Waals surface area (Å²) >= 11 is 0. The van der Waals surface area contributed by atoms with Crippen LogP contribution >= 0.6 is 0 Å². The van der Waals surface area contributed by atoms with Gasteiger partial charge in [0.15, 0.2) is 5.75 Å². The number of benzene rings is 1. The smallest absolute Gasteiger partial charge is 0.250 e. The maximum absolute atomic E-state index is 6.26. The minimum absolute atomic E-state index is 0.171. The van der Waals surface area contributed by atoms with E-state index in [-0.39, 0.29) is 5.04 Å². The van der Waals surface area contributed by atoms with Crippen molar-refractivity contribution in [1.82, 2.24) is 0 Å². The van der Waals surface area contributed by atoms with E-state index in [0.29, 0.717) is 6.54 Å². The molecule has 1 aromatic rings. The van der Waals surface area contributed by atoms with Crippen molar-refractivity contribution in [3.05, 3.63) is 23.8 Å². The van der Waals surface area contributed by atoms with Gasteiger partial charge in [0.05, 0.1) is 7.11 Å². The summed E-state index contributed by atoms with van der Waals surface area (Å²) in [5, 5.41) is 0.171. The molecule has 18 heavy (non-hydrogen) atoms. The Balaban J connectivity index is 3.04. The Kier molecular flexibility index (Phi) is 4.45. The molecule has 4 heteroatoms. The zero-order chi connectivity index (χ0) is 14.0. The van der Waals surface area contributed by atoms with Gasteiger partial charge in [-0.3, -0.25) is 0 Å². The standard InChI is InChI=1S/C14H25NO2Si/c1-14(2,3)18(5,6)17-12-8-7-11(10-15)9-13(12)16-4/h7-9H,10,15H2,1-6H3. The molecule has 0 amide bonds. The molecule has 0 atom stereocenters. The molecule has 0 unspecified atom stereocenters. The summed E-state index contributed by atoms with van der Waals surface area (Å²) < 4.78 is 11.6. The summed E-state index contributed by atoms with van der Waals surface area (Å²) in [6.07, 6.45) is 0. The predicted molar refractivity (Wildman–Crippen MR) is 78.7 cm³/mol. The summed E-state index contributed by atoms with van der Waals surface area (Å²) in [6, 6.07) is 5.90. The third-order valence-electron chi connectivity index (χ3n) is 3.64. The van der Waals surface area contributed by atoms with Crippen LogP contribution in [0.4, 0.5) is 0 Å². The topological polar surface area (TPSA) is 44.5 Å². The quantitative estimate of drug-likeness (QED) is 0.849. The van der Waals surface area contributed by atoms with Crippen LogP contribution in [0.25, 0.3) is 0 Å². The molecule has 0 saturated carbocycles. The monoisotopic (exact) mass is 267 g/mol. The Morgan fingerprint density at radius 1 is 1.17 bits per heavy atom. The van der Waals surface area contributed by atoms with Gasteiger partial charge in [-0.25, -0.2) is 0 Å². The van der Waals surface area contributed by atoms with Gasteiger partial charge in [-0.05, 0) is 35.8 Å². The number of nitrogens with two attached hydrogens (primary N) is 1. The fourth-order valence-corrected chi connectivity index (χ4v) is 2.38. The van der Waals surface area contributed by atoms with Gasteiger partial charge < -0.3 is 14.9 Å². The van der Waals surface area contributed by atoms with E-state index >= 15 is 0 Å². The molecule has 0 aromatic heterocycles. The Morgan fingerprint density at radius 2 is 1.78 bits per heavy atom. The van der Waals surface area contributed by atoms with Crippen molar-refractivity contribution in [3.8, 4) is 11.5 Å². The highest BCUT2D eigenvalue weighted by Crippen LogP contribution is 2.40. The third-order valence-corrected chi connectivity index (χ3v) is 7.98. The molecule has 0 saturated heterocycles. The Hall–Kier alpha value is -1.00. The molecule has 0 fully saturated rings. The lowest BCUT2D eigenvalue weighted by atomic mass is 10.2. The van der Waals surface area contributed by atoms with Crippen molar-refractivity contribution in [1.29, 1.82) is 0 Å². The van der Waals surface area contributed by atoms with Crippen LogP contribution in [0.1, 0.15) is 26.3 Å². The van der Waals surface area contributed by atoms with Crippen LogP contribution in [-0.4, -0.2) is 15.4 Å². The first-order valence-electron chi connectivity index (χ1n) is 6.27. The molecule has 0 aliphatic carbocycles. The molecule has 2 N–H and O–H groups in total. The maximum atomic E-state index is 6.26. The van der Waals surface area contributed by atoms with Crippen molar-refractivity contribution in [2.75, 3.05) is 7.11 Å². The molecule has 102 valence electrons. The van der Waals surface area contributed by atoms with Gasteiger partial charge in [0.25, 0.3) is 8.32 Å². The molecule has 1 aromatic carbocycles. The van der Waals surface area contributed by atoms with Crippen LogP contribution in [0.5, 0.6) is 11.5 Å². The maximum Gasteiger partial charge on any atom is 0.250 e. The van der Waals surface area contributed by atoms with E-state index in [1.165, 1.54) is 0 Å². The highest BCUT2D eigenvalue weighted by molar-refractivity contribution is 6.74. The van der Waals surface area contributed by atoms with Crippen LogP contribution in [0, 0.1) is 0 Å². The predicted octanol–water partition coefficient (Wildman–Crippen LogP) is 3.54. The van der Waals surface area contributed by atoms with E-state index in [1.807, 2.05) is 18.2 Å². The summed E-state index contributed by atoms with van der Waals surface area (Å²) in [7, 11) is -0.171. The van der Waals surface area contributed by atoms with Crippen LogP contribution < -0.4 is 14.9 Å². The number of hydrogen-bond donors (Lipinski definition) is 1. The molecule has 0 bridgehead atoms. The normalized spacial score (nSPS) is 12.4. The van der Waals surface area contributed by atoms with Crippen LogP contribution in [0.2, 0.25) is 18.1 Å². The molecule has 0 aliphatic rings. The minimum atomic E-state index is -1.83. The molecule has 0 radical (unpaired) electrons. The fourth-order valence-electron chi connectivity index (χ4n) is 1.35. The van der Waals surface area contributed by atoms with E-state index in [0.717, 1.165) is 17.1 Å². The zero-order valence-corrected chi connectivity index (χ0v) is 13.3. The summed E-state index contributed by atoms with van der Waals surface area (Å²) in [5.41, 5.74) is 6.68. The first-order chi connectivity index (χ1) is 8.21. The second kappa shape index (κ2) is 5.32. The number of rotatable bonds is 4.